The van der Waals surface area contributed by atoms with Crippen LogP contribution in [0.25, 0.3) is 0 Å². The summed E-state index contributed by atoms with van der Waals surface area (Å²) >= 11 is 0. The van der Waals surface area contributed by atoms with Gasteiger partial charge in [0.15, 0.2) is 0 Å². The highest BCUT2D eigenvalue weighted by molar-refractivity contribution is 5.82. The first kappa shape index (κ1) is 20.1. The average molecular weight is 362 g/mol. The molecule has 1 aliphatic rings. The van der Waals surface area contributed by atoms with Crippen LogP contribution in [0, 0.1) is 0 Å². The van der Waals surface area contributed by atoms with Gasteiger partial charge in [-0.15, -0.1) is 0 Å². The molecule has 142 valence electrons. The lowest BCUT2D eigenvalue weighted by Crippen LogP contribution is -2.29. The van der Waals surface area contributed by atoms with E-state index in [9.17, 15) is 9.59 Å². The molecule has 26 heavy (non-hydrogen) atoms. The average Bonchev–Trinajstić information content (AvgIpc) is 2.59. The Morgan fingerprint density at radius 1 is 1.15 bits per heavy atom. The molecule has 1 aromatic rings. The molecule has 0 aliphatic carbocycles. The Labute approximate surface area is 154 Å². The maximum Gasteiger partial charge on any atom is 0.331 e. The minimum atomic E-state index is -0.531. The summed E-state index contributed by atoms with van der Waals surface area (Å²) < 4.78 is 10.4. The molecule has 1 fully saturated rings. The number of ether oxygens (including phenoxy) is 2. The first-order valence-electron chi connectivity index (χ1n) is 8.75. The Hall–Kier alpha value is -2.18. The van der Waals surface area contributed by atoms with Gasteiger partial charge in [-0.2, -0.15) is 0 Å². The third kappa shape index (κ3) is 7.80. The predicted octanol–water partition coefficient (Wildman–Crippen LogP) is 3.50. The van der Waals surface area contributed by atoms with Crippen molar-refractivity contribution in [2.45, 2.75) is 64.4 Å². The van der Waals surface area contributed by atoms with E-state index in [1.165, 1.54) is 6.08 Å². The summed E-state index contributed by atoms with van der Waals surface area (Å²) in [5.41, 5.74) is 0.408. The van der Waals surface area contributed by atoms with Crippen molar-refractivity contribution in [1.82, 2.24) is 0 Å². The van der Waals surface area contributed by atoms with Crippen LogP contribution in [-0.4, -0.2) is 29.7 Å². The molecule has 1 saturated heterocycles. The molecule has 1 aliphatic heterocycles. The van der Waals surface area contributed by atoms with E-state index in [-0.39, 0.29) is 31.2 Å². The molecule has 6 heteroatoms. The van der Waals surface area contributed by atoms with E-state index in [0.717, 1.165) is 5.56 Å². The van der Waals surface area contributed by atoms with Crippen LogP contribution in [-0.2, 0) is 35.4 Å². The van der Waals surface area contributed by atoms with E-state index >= 15 is 0 Å². The van der Waals surface area contributed by atoms with Crippen LogP contribution >= 0.6 is 0 Å². The van der Waals surface area contributed by atoms with Crippen LogP contribution in [0.5, 0.6) is 0 Å². The Balaban J connectivity index is 1.66. The number of carbonyl (C=O) groups excluding carboxylic acids is 2. The van der Waals surface area contributed by atoms with E-state index < -0.39 is 11.6 Å². The Kier molecular flexibility index (Phi) is 7.36. The van der Waals surface area contributed by atoms with Crippen molar-refractivity contribution in [3.05, 3.63) is 48.0 Å². The van der Waals surface area contributed by atoms with Gasteiger partial charge >= 0.3 is 11.9 Å². The second kappa shape index (κ2) is 9.50. The van der Waals surface area contributed by atoms with Gasteiger partial charge < -0.3 is 9.47 Å². The third-order valence-electron chi connectivity index (χ3n) is 3.58. The van der Waals surface area contributed by atoms with E-state index in [4.69, 9.17) is 19.2 Å². The van der Waals surface area contributed by atoms with Crippen LogP contribution < -0.4 is 0 Å². The van der Waals surface area contributed by atoms with Crippen LogP contribution in [0.3, 0.4) is 0 Å². The standard InChI is InChI=1S/C20H26O6/c1-20(2,3)24-18(21)12-11-16-9-10-17(26-25-16)13-19(22)23-14-15-7-5-4-6-8-15/h4-8,11-12,16-17H,9-10,13-14H2,1-3H3/b12-11+/t16-,17-/m0/s1. The van der Waals surface area contributed by atoms with Crippen molar-refractivity contribution in [3.8, 4) is 0 Å². The van der Waals surface area contributed by atoms with E-state index in [1.807, 2.05) is 30.3 Å². The second-order valence-electron chi connectivity index (χ2n) is 7.17. The Morgan fingerprint density at radius 3 is 2.50 bits per heavy atom. The third-order valence-corrected chi connectivity index (χ3v) is 3.58. The fourth-order valence-corrected chi connectivity index (χ4v) is 2.37. The van der Waals surface area contributed by atoms with Crippen LogP contribution in [0.15, 0.2) is 42.5 Å². The molecule has 0 amide bonds. The molecule has 0 radical (unpaired) electrons. The largest absolute Gasteiger partial charge is 0.461 e. The molecule has 2 rings (SSSR count). The lowest BCUT2D eigenvalue weighted by Gasteiger charge is -2.25. The first-order chi connectivity index (χ1) is 12.3. The number of benzene rings is 1. The van der Waals surface area contributed by atoms with Gasteiger partial charge in [0.25, 0.3) is 0 Å². The highest BCUT2D eigenvalue weighted by atomic mass is 17.2. The molecule has 0 bridgehead atoms. The molecule has 0 N–H and O–H groups in total. The smallest absolute Gasteiger partial charge is 0.331 e. The molecular formula is C20H26O6. The molecule has 0 unspecified atom stereocenters. The van der Waals surface area contributed by atoms with Gasteiger partial charge in [-0.25, -0.2) is 14.6 Å². The SMILES string of the molecule is CC(C)(C)OC(=O)/C=C/[C@@H]1CC[C@@H](CC(=O)OCc2ccccc2)OO1. The van der Waals surface area contributed by atoms with Gasteiger partial charge in [-0.1, -0.05) is 30.3 Å². The number of rotatable bonds is 6. The van der Waals surface area contributed by atoms with E-state index in [0.29, 0.717) is 12.8 Å². The van der Waals surface area contributed by atoms with Gasteiger partial charge in [0, 0.05) is 6.08 Å². The predicted molar refractivity (Wildman–Crippen MR) is 94.8 cm³/mol. The molecule has 0 aromatic heterocycles. The summed E-state index contributed by atoms with van der Waals surface area (Å²) in [6.45, 7) is 5.66. The maximum atomic E-state index is 11.9. The summed E-state index contributed by atoms with van der Waals surface area (Å²) in [5.74, 6) is -0.752. The lowest BCUT2D eigenvalue weighted by atomic mass is 10.1. The molecular weight excluding hydrogens is 336 g/mol. The summed E-state index contributed by atoms with van der Waals surface area (Å²) in [7, 11) is 0. The quantitative estimate of drug-likeness (QED) is 0.438. The highest BCUT2D eigenvalue weighted by Crippen LogP contribution is 2.20. The van der Waals surface area contributed by atoms with Crippen molar-refractivity contribution in [1.29, 1.82) is 0 Å². The number of esters is 2. The summed E-state index contributed by atoms with van der Waals surface area (Å²) in [6.07, 6.45) is 3.70. The van der Waals surface area contributed by atoms with Gasteiger partial charge in [-0.3, -0.25) is 4.79 Å². The van der Waals surface area contributed by atoms with Crippen LogP contribution in [0.2, 0.25) is 0 Å². The van der Waals surface area contributed by atoms with Gasteiger partial charge in [0.05, 0.1) is 6.42 Å². The first-order valence-corrected chi connectivity index (χ1v) is 8.75. The molecule has 2 atom stereocenters. The number of carbonyl (C=O) groups is 2. The van der Waals surface area contributed by atoms with E-state index in [1.54, 1.807) is 26.8 Å². The van der Waals surface area contributed by atoms with Gasteiger partial charge in [-0.05, 0) is 45.3 Å². The fourth-order valence-electron chi connectivity index (χ4n) is 2.37. The normalized spacial score (nSPS) is 20.7. The van der Waals surface area contributed by atoms with Crippen molar-refractivity contribution in [2.24, 2.45) is 0 Å². The summed E-state index contributed by atoms with van der Waals surface area (Å²) in [4.78, 5) is 34.0. The fraction of sp³-hybridized carbons (Fsp3) is 0.500. The molecule has 1 aromatic carbocycles. The Bertz CT molecular complexity index is 609. The topological polar surface area (TPSA) is 71.1 Å². The number of hydrogen-bond acceptors (Lipinski definition) is 6. The molecule has 0 spiro atoms. The van der Waals surface area contributed by atoms with Crippen molar-refractivity contribution >= 4 is 11.9 Å². The highest BCUT2D eigenvalue weighted by Gasteiger charge is 2.25. The molecule has 1 heterocycles. The van der Waals surface area contributed by atoms with Crippen LogP contribution in [0.1, 0.15) is 45.6 Å². The monoisotopic (exact) mass is 362 g/mol. The second-order valence-corrected chi connectivity index (χ2v) is 7.17. The van der Waals surface area contributed by atoms with Gasteiger partial charge in [0.2, 0.25) is 0 Å². The zero-order valence-corrected chi connectivity index (χ0v) is 15.5. The van der Waals surface area contributed by atoms with Crippen molar-refractivity contribution in [3.63, 3.8) is 0 Å². The molecule has 6 nitrogen and oxygen atoms in total. The molecule has 0 saturated carbocycles. The summed E-state index contributed by atoms with van der Waals surface area (Å²) in [6, 6.07) is 9.49. The Morgan fingerprint density at radius 2 is 1.88 bits per heavy atom. The lowest BCUT2D eigenvalue weighted by molar-refractivity contribution is -0.363. The van der Waals surface area contributed by atoms with Crippen molar-refractivity contribution < 1.29 is 28.8 Å². The van der Waals surface area contributed by atoms with Crippen molar-refractivity contribution in [2.75, 3.05) is 0 Å². The zero-order chi connectivity index (χ0) is 19.0. The van der Waals surface area contributed by atoms with E-state index in [2.05, 4.69) is 0 Å². The maximum absolute atomic E-state index is 11.9. The minimum Gasteiger partial charge on any atom is -0.461 e. The summed E-state index contributed by atoms with van der Waals surface area (Å²) in [5, 5.41) is 0. The van der Waals surface area contributed by atoms with Gasteiger partial charge in [0.1, 0.15) is 24.4 Å². The zero-order valence-electron chi connectivity index (χ0n) is 15.5. The minimum absolute atomic E-state index is 0.134. The van der Waals surface area contributed by atoms with Crippen LogP contribution in [0.4, 0.5) is 0 Å². The number of hydrogen-bond donors (Lipinski definition) is 0.